The number of hydrogen-bond acceptors (Lipinski definition) is 4. The van der Waals surface area contributed by atoms with Crippen LogP contribution in [0.1, 0.15) is 44.4 Å². The zero-order chi connectivity index (χ0) is 19.2. The second kappa shape index (κ2) is 9.14. The highest BCUT2D eigenvalue weighted by Gasteiger charge is 2.29. The van der Waals surface area contributed by atoms with Crippen molar-refractivity contribution in [3.63, 3.8) is 0 Å². The number of benzene rings is 1. The average Bonchev–Trinajstić information content (AvgIpc) is 2.60. The lowest BCUT2D eigenvalue weighted by molar-refractivity contribution is -0.123. The van der Waals surface area contributed by atoms with Crippen LogP contribution in [-0.4, -0.2) is 55.1 Å². The lowest BCUT2D eigenvalue weighted by Gasteiger charge is -2.40. The molecule has 1 aliphatic heterocycles. The smallest absolute Gasteiger partial charge is 0.222 e. The Morgan fingerprint density at radius 2 is 1.81 bits per heavy atom. The minimum absolute atomic E-state index is 0.0642. The van der Waals surface area contributed by atoms with Crippen molar-refractivity contribution in [2.24, 2.45) is 0 Å². The molecule has 0 radical (unpaired) electrons. The maximum atomic E-state index is 12.5. The quantitative estimate of drug-likeness (QED) is 0.777. The summed E-state index contributed by atoms with van der Waals surface area (Å²) in [4.78, 5) is 26.4. The molecular weight excluding hydrogens is 330 g/mol. The van der Waals surface area contributed by atoms with Crippen LogP contribution in [0.4, 0.5) is 0 Å². The topological polar surface area (TPSA) is 70.7 Å². The molecule has 144 valence electrons. The second-order valence-corrected chi connectivity index (χ2v) is 7.56. The minimum Gasteiger partial charge on any atom is -0.379 e. The minimum atomic E-state index is -0.320. The molecule has 1 heterocycles. The van der Waals surface area contributed by atoms with Crippen molar-refractivity contribution in [3.05, 3.63) is 35.4 Å². The number of ether oxygens (including phenoxy) is 1. The van der Waals surface area contributed by atoms with Crippen molar-refractivity contribution in [1.82, 2.24) is 15.5 Å². The Labute approximate surface area is 156 Å². The lowest BCUT2D eigenvalue weighted by Crippen LogP contribution is -2.55. The zero-order valence-electron chi connectivity index (χ0n) is 16.3. The van der Waals surface area contributed by atoms with Gasteiger partial charge in [-0.15, -0.1) is 0 Å². The van der Waals surface area contributed by atoms with Crippen molar-refractivity contribution in [1.29, 1.82) is 0 Å². The Morgan fingerprint density at radius 1 is 1.19 bits per heavy atom. The van der Waals surface area contributed by atoms with Crippen LogP contribution < -0.4 is 10.6 Å². The van der Waals surface area contributed by atoms with Crippen LogP contribution in [0.2, 0.25) is 0 Å². The molecule has 0 spiro atoms. The molecule has 0 aliphatic carbocycles. The van der Waals surface area contributed by atoms with Crippen LogP contribution in [0.5, 0.6) is 0 Å². The largest absolute Gasteiger partial charge is 0.379 e. The third-order valence-corrected chi connectivity index (χ3v) is 4.83. The van der Waals surface area contributed by atoms with Crippen molar-refractivity contribution >= 4 is 11.8 Å². The van der Waals surface area contributed by atoms with E-state index in [0.29, 0.717) is 6.54 Å². The number of carbonyl (C=O) groups is 2. The molecule has 0 bridgehead atoms. The predicted molar refractivity (Wildman–Crippen MR) is 102 cm³/mol. The number of morpholine rings is 1. The zero-order valence-corrected chi connectivity index (χ0v) is 16.3. The van der Waals surface area contributed by atoms with E-state index in [0.717, 1.165) is 37.4 Å². The molecular formula is C20H31N3O3. The fraction of sp³-hybridized carbons (Fsp3) is 0.600. The molecule has 0 aromatic heterocycles. The first-order chi connectivity index (χ1) is 12.3. The van der Waals surface area contributed by atoms with Gasteiger partial charge in [0.25, 0.3) is 0 Å². The molecule has 0 saturated carbocycles. The molecule has 1 aliphatic rings. The highest BCUT2D eigenvalue weighted by molar-refractivity contribution is 5.79. The van der Waals surface area contributed by atoms with Gasteiger partial charge in [0.05, 0.1) is 25.7 Å². The first-order valence-electron chi connectivity index (χ1n) is 9.21. The molecule has 6 heteroatoms. The fourth-order valence-electron chi connectivity index (χ4n) is 3.15. The van der Waals surface area contributed by atoms with Crippen molar-refractivity contribution in [2.75, 3.05) is 32.8 Å². The van der Waals surface area contributed by atoms with E-state index < -0.39 is 0 Å². The maximum absolute atomic E-state index is 12.5. The van der Waals surface area contributed by atoms with E-state index >= 15 is 0 Å². The maximum Gasteiger partial charge on any atom is 0.222 e. The average molecular weight is 361 g/mol. The molecule has 1 saturated heterocycles. The van der Waals surface area contributed by atoms with Gasteiger partial charge in [0.15, 0.2) is 0 Å². The molecule has 6 nitrogen and oxygen atoms in total. The second-order valence-electron chi connectivity index (χ2n) is 7.56. The normalized spacial score (nSPS) is 16.8. The predicted octanol–water partition coefficient (Wildman–Crippen LogP) is 1.79. The number of hydrogen-bond donors (Lipinski definition) is 2. The summed E-state index contributed by atoms with van der Waals surface area (Å²) >= 11 is 0. The number of amides is 2. The van der Waals surface area contributed by atoms with Gasteiger partial charge in [-0.2, -0.15) is 0 Å². The standard InChI is InChI=1S/C20H31N3O3/c1-15-5-7-17(8-6-15)18(22-16(2)24)13-19(25)21-14-20(3,4)23-9-11-26-12-10-23/h5-8,18H,9-14H2,1-4H3,(H,21,25)(H,22,24). The van der Waals surface area contributed by atoms with Gasteiger partial charge in [0.1, 0.15) is 0 Å². The summed E-state index contributed by atoms with van der Waals surface area (Å²) in [7, 11) is 0. The summed E-state index contributed by atoms with van der Waals surface area (Å²) in [6, 6.07) is 7.58. The third-order valence-electron chi connectivity index (χ3n) is 4.83. The molecule has 1 fully saturated rings. The van der Waals surface area contributed by atoms with Gasteiger partial charge in [0.2, 0.25) is 11.8 Å². The van der Waals surface area contributed by atoms with Crippen molar-refractivity contribution in [2.45, 2.75) is 45.7 Å². The summed E-state index contributed by atoms with van der Waals surface area (Å²) in [6.07, 6.45) is 0.224. The van der Waals surface area contributed by atoms with Gasteiger partial charge in [-0.1, -0.05) is 29.8 Å². The highest BCUT2D eigenvalue weighted by atomic mass is 16.5. The first-order valence-corrected chi connectivity index (χ1v) is 9.21. The van der Waals surface area contributed by atoms with Gasteiger partial charge in [0, 0.05) is 32.1 Å². The Kier molecular flexibility index (Phi) is 7.17. The molecule has 1 aromatic rings. The van der Waals surface area contributed by atoms with Crippen molar-refractivity contribution in [3.8, 4) is 0 Å². The Morgan fingerprint density at radius 3 is 2.38 bits per heavy atom. The molecule has 2 amide bonds. The molecule has 2 N–H and O–H groups in total. The van der Waals surface area contributed by atoms with Crippen LogP contribution in [0.3, 0.4) is 0 Å². The van der Waals surface area contributed by atoms with E-state index in [9.17, 15) is 9.59 Å². The van der Waals surface area contributed by atoms with E-state index in [1.54, 1.807) is 0 Å². The van der Waals surface area contributed by atoms with Gasteiger partial charge in [-0.05, 0) is 26.3 Å². The van der Waals surface area contributed by atoms with Crippen LogP contribution in [-0.2, 0) is 14.3 Å². The highest BCUT2D eigenvalue weighted by Crippen LogP contribution is 2.19. The van der Waals surface area contributed by atoms with E-state index in [1.807, 2.05) is 31.2 Å². The molecule has 1 unspecified atom stereocenters. The van der Waals surface area contributed by atoms with Crippen molar-refractivity contribution < 1.29 is 14.3 Å². The summed E-state index contributed by atoms with van der Waals surface area (Å²) < 4.78 is 5.40. The van der Waals surface area contributed by atoms with E-state index in [1.165, 1.54) is 6.92 Å². The monoisotopic (exact) mass is 361 g/mol. The number of nitrogens with zero attached hydrogens (tertiary/aromatic N) is 1. The van der Waals surface area contributed by atoms with Gasteiger partial charge < -0.3 is 15.4 Å². The van der Waals surface area contributed by atoms with E-state index in [-0.39, 0.29) is 29.8 Å². The molecule has 2 rings (SSSR count). The third kappa shape index (κ3) is 6.11. The summed E-state index contributed by atoms with van der Waals surface area (Å²) in [5, 5.41) is 5.91. The number of aryl methyl sites for hydroxylation is 1. The number of rotatable bonds is 7. The van der Waals surface area contributed by atoms with E-state index in [2.05, 4.69) is 29.4 Å². The lowest BCUT2D eigenvalue weighted by atomic mass is 10.00. The first kappa shape index (κ1) is 20.4. The Hall–Kier alpha value is -1.92. The number of carbonyl (C=O) groups excluding carboxylic acids is 2. The summed E-state index contributed by atoms with van der Waals surface area (Å²) in [5.41, 5.74) is 1.95. The SMILES string of the molecule is CC(=O)NC(CC(=O)NCC(C)(C)N1CCOCC1)c1ccc(C)cc1. The van der Waals surface area contributed by atoms with Gasteiger partial charge >= 0.3 is 0 Å². The van der Waals surface area contributed by atoms with Gasteiger partial charge in [-0.25, -0.2) is 0 Å². The van der Waals surface area contributed by atoms with Crippen LogP contribution in [0, 0.1) is 6.92 Å². The Balaban J connectivity index is 1.93. The Bertz CT molecular complexity index is 607. The van der Waals surface area contributed by atoms with Crippen LogP contribution >= 0.6 is 0 Å². The number of nitrogens with one attached hydrogen (secondary N) is 2. The van der Waals surface area contributed by atoms with Crippen LogP contribution in [0.15, 0.2) is 24.3 Å². The molecule has 26 heavy (non-hydrogen) atoms. The molecule has 1 atom stereocenters. The summed E-state index contributed by atoms with van der Waals surface area (Å²) in [5.74, 6) is -0.206. The van der Waals surface area contributed by atoms with Crippen LogP contribution in [0.25, 0.3) is 0 Å². The summed E-state index contributed by atoms with van der Waals surface area (Å²) in [6.45, 7) is 11.5. The molecule has 1 aromatic carbocycles. The fourth-order valence-corrected chi connectivity index (χ4v) is 3.15. The van der Waals surface area contributed by atoms with Gasteiger partial charge in [-0.3, -0.25) is 14.5 Å². The van der Waals surface area contributed by atoms with E-state index in [4.69, 9.17) is 4.74 Å².